The molecule has 184 valence electrons. The molecule has 3 aromatic rings. The number of fused-ring (bicyclic) bond motifs is 3. The van der Waals surface area contributed by atoms with Crippen LogP contribution >= 0.6 is 0 Å². The van der Waals surface area contributed by atoms with Crippen molar-refractivity contribution in [3.8, 4) is 22.6 Å². The maximum absolute atomic E-state index is 12.9. The molecule has 0 fully saturated rings. The number of ether oxygens (including phenoxy) is 2. The van der Waals surface area contributed by atoms with Crippen molar-refractivity contribution in [2.45, 2.75) is 38.9 Å². The monoisotopic (exact) mass is 497 g/mol. The van der Waals surface area contributed by atoms with Crippen LogP contribution in [0, 0.1) is 18.4 Å². The summed E-state index contributed by atoms with van der Waals surface area (Å²) in [6.45, 7) is 8.59. The Bertz CT molecular complexity index is 1330. The zero-order chi connectivity index (χ0) is 25.9. The van der Waals surface area contributed by atoms with Crippen LogP contribution in [0.3, 0.4) is 0 Å². The van der Waals surface area contributed by atoms with Gasteiger partial charge in [-0.15, -0.1) is 5.54 Å². The molecule has 1 amide bonds. The Balaban J connectivity index is 1.55. The van der Waals surface area contributed by atoms with Crippen molar-refractivity contribution in [3.05, 3.63) is 88.5 Å². The summed E-state index contributed by atoms with van der Waals surface area (Å²) in [5.41, 5.74) is 10.9. The normalized spacial score (nSPS) is 12.1. The second-order valence-electron chi connectivity index (χ2n) is 10.0. The van der Waals surface area contributed by atoms with E-state index in [1.54, 1.807) is 0 Å². The predicted octanol–water partition coefficient (Wildman–Crippen LogP) is 6.30. The smallest absolute Gasteiger partial charge is 0.411 e. The third kappa shape index (κ3) is 5.69. The summed E-state index contributed by atoms with van der Waals surface area (Å²) < 4.78 is 10.6. The quantitative estimate of drug-likeness (QED) is 0.255. The fourth-order valence-corrected chi connectivity index (χ4v) is 4.91. The van der Waals surface area contributed by atoms with Gasteiger partial charge in [0, 0.05) is 17.2 Å². The van der Waals surface area contributed by atoms with Crippen molar-refractivity contribution in [2.75, 3.05) is 19.0 Å². The van der Waals surface area contributed by atoms with Gasteiger partial charge in [-0.2, -0.15) is 0 Å². The van der Waals surface area contributed by atoms with E-state index in [1.165, 1.54) is 18.2 Å². The summed E-state index contributed by atoms with van der Waals surface area (Å²) >= 11 is 0. The number of nitrogens with one attached hydrogen (secondary N) is 1. The lowest BCUT2D eigenvalue weighted by molar-refractivity contribution is -0.139. The Labute approximate surface area is 213 Å². The standard InChI is InChI=1S/C30H31NO4Si/c1-20-22(18-29(32)34-2)16-21(14-15-36(3,4)5)17-28(20)31-30(33)35-19-27-25-12-8-6-10-23(25)24-11-7-9-13-26(24)27/h6-13,16-17,27H,18-19H2,1-5H3,(H,31,33). The predicted molar refractivity (Wildman–Crippen MR) is 146 cm³/mol. The van der Waals surface area contributed by atoms with Gasteiger partial charge < -0.3 is 9.47 Å². The van der Waals surface area contributed by atoms with E-state index in [0.29, 0.717) is 5.69 Å². The van der Waals surface area contributed by atoms with Gasteiger partial charge in [0.2, 0.25) is 0 Å². The molecule has 0 unspecified atom stereocenters. The molecule has 0 radical (unpaired) electrons. The van der Waals surface area contributed by atoms with Crippen LogP contribution < -0.4 is 5.32 Å². The number of hydrogen-bond donors (Lipinski definition) is 1. The number of benzene rings is 3. The summed E-state index contributed by atoms with van der Waals surface area (Å²) in [4.78, 5) is 24.9. The molecule has 0 bridgehead atoms. The molecule has 3 aromatic carbocycles. The lowest BCUT2D eigenvalue weighted by Crippen LogP contribution is -2.19. The maximum atomic E-state index is 12.9. The van der Waals surface area contributed by atoms with Crippen molar-refractivity contribution in [2.24, 2.45) is 0 Å². The van der Waals surface area contributed by atoms with Crippen LogP contribution in [-0.4, -0.2) is 33.9 Å². The largest absolute Gasteiger partial charge is 0.469 e. The van der Waals surface area contributed by atoms with Crippen molar-refractivity contribution in [3.63, 3.8) is 0 Å². The molecule has 4 rings (SSSR count). The lowest BCUT2D eigenvalue weighted by atomic mass is 9.98. The Morgan fingerprint density at radius 1 is 0.972 bits per heavy atom. The zero-order valence-corrected chi connectivity index (χ0v) is 22.4. The van der Waals surface area contributed by atoms with Crippen LogP contribution in [0.5, 0.6) is 0 Å². The van der Waals surface area contributed by atoms with Crippen LogP contribution in [0.15, 0.2) is 60.7 Å². The summed E-state index contributed by atoms with van der Waals surface area (Å²) in [7, 11) is -0.246. The average molecular weight is 498 g/mol. The molecule has 0 heterocycles. The van der Waals surface area contributed by atoms with E-state index >= 15 is 0 Å². The molecule has 0 atom stereocenters. The number of rotatable bonds is 5. The Morgan fingerprint density at radius 3 is 2.17 bits per heavy atom. The second kappa shape index (κ2) is 10.4. The Hall–Kier alpha value is -3.82. The number of carbonyl (C=O) groups excluding carboxylic acids is 2. The number of esters is 1. The fourth-order valence-electron chi connectivity index (χ4n) is 4.39. The maximum Gasteiger partial charge on any atom is 0.411 e. The number of methoxy groups -OCH3 is 1. The number of amides is 1. The highest BCUT2D eigenvalue weighted by atomic mass is 28.3. The second-order valence-corrected chi connectivity index (χ2v) is 14.8. The molecule has 0 spiro atoms. The molecule has 1 aliphatic rings. The van der Waals surface area contributed by atoms with E-state index in [9.17, 15) is 9.59 Å². The average Bonchev–Trinajstić information content (AvgIpc) is 3.17. The van der Waals surface area contributed by atoms with Gasteiger partial charge in [0.15, 0.2) is 0 Å². The van der Waals surface area contributed by atoms with E-state index in [0.717, 1.165) is 27.8 Å². The minimum Gasteiger partial charge on any atom is -0.469 e. The van der Waals surface area contributed by atoms with E-state index in [-0.39, 0.29) is 24.9 Å². The van der Waals surface area contributed by atoms with Crippen molar-refractivity contribution in [1.82, 2.24) is 0 Å². The number of hydrogen-bond acceptors (Lipinski definition) is 4. The van der Waals surface area contributed by atoms with Gasteiger partial charge in [0.1, 0.15) is 14.7 Å². The van der Waals surface area contributed by atoms with Gasteiger partial charge in [0.25, 0.3) is 0 Å². The van der Waals surface area contributed by atoms with Crippen LogP contribution in [0.4, 0.5) is 10.5 Å². The summed E-state index contributed by atoms with van der Waals surface area (Å²) in [5.74, 6) is 2.86. The van der Waals surface area contributed by atoms with Crippen LogP contribution in [-0.2, 0) is 20.7 Å². The van der Waals surface area contributed by atoms with Gasteiger partial charge in [-0.1, -0.05) is 74.1 Å². The topological polar surface area (TPSA) is 64.6 Å². The molecule has 6 heteroatoms. The molecule has 5 nitrogen and oxygen atoms in total. The van der Waals surface area contributed by atoms with E-state index in [4.69, 9.17) is 9.47 Å². The third-order valence-electron chi connectivity index (χ3n) is 6.24. The van der Waals surface area contributed by atoms with Crippen LogP contribution in [0.1, 0.15) is 33.7 Å². The first-order valence-corrected chi connectivity index (χ1v) is 15.5. The van der Waals surface area contributed by atoms with Crippen molar-refractivity contribution in [1.29, 1.82) is 0 Å². The van der Waals surface area contributed by atoms with E-state index in [1.807, 2.05) is 43.3 Å². The summed E-state index contributed by atoms with van der Waals surface area (Å²) in [5, 5.41) is 2.88. The highest BCUT2D eigenvalue weighted by Crippen LogP contribution is 2.44. The first-order valence-electron chi connectivity index (χ1n) is 12.0. The zero-order valence-electron chi connectivity index (χ0n) is 21.4. The van der Waals surface area contributed by atoms with Gasteiger partial charge in [-0.25, -0.2) is 4.79 Å². The first kappa shape index (κ1) is 25.3. The molecule has 1 aliphatic carbocycles. The summed E-state index contributed by atoms with van der Waals surface area (Å²) in [6.07, 6.45) is -0.441. The molecule has 0 aromatic heterocycles. The molecular weight excluding hydrogens is 466 g/mol. The van der Waals surface area contributed by atoms with Crippen molar-refractivity contribution >= 4 is 25.8 Å². The third-order valence-corrected chi connectivity index (χ3v) is 7.11. The highest BCUT2D eigenvalue weighted by molar-refractivity contribution is 6.83. The molecule has 0 aliphatic heterocycles. The molecule has 1 N–H and O–H groups in total. The number of carbonyl (C=O) groups is 2. The minimum atomic E-state index is -1.61. The molecule has 36 heavy (non-hydrogen) atoms. The van der Waals surface area contributed by atoms with Gasteiger partial charge >= 0.3 is 12.1 Å². The molecule has 0 saturated carbocycles. The van der Waals surface area contributed by atoms with Gasteiger partial charge in [-0.05, 0) is 52.4 Å². The number of anilines is 1. The highest BCUT2D eigenvalue weighted by Gasteiger charge is 2.29. The van der Waals surface area contributed by atoms with E-state index < -0.39 is 14.2 Å². The Kier molecular flexibility index (Phi) is 7.32. The van der Waals surface area contributed by atoms with Crippen molar-refractivity contribution < 1.29 is 19.1 Å². The van der Waals surface area contributed by atoms with Gasteiger partial charge in [-0.3, -0.25) is 10.1 Å². The lowest BCUT2D eigenvalue weighted by Gasteiger charge is -2.16. The fraction of sp³-hybridized carbons (Fsp3) is 0.267. The van der Waals surface area contributed by atoms with Crippen LogP contribution in [0.2, 0.25) is 19.6 Å². The Morgan fingerprint density at radius 2 is 1.58 bits per heavy atom. The van der Waals surface area contributed by atoms with Crippen LogP contribution in [0.25, 0.3) is 11.1 Å². The SMILES string of the molecule is COC(=O)Cc1cc(C#C[Si](C)(C)C)cc(NC(=O)OCC2c3ccccc3-c3ccccc32)c1C. The molecule has 0 saturated heterocycles. The van der Waals surface area contributed by atoms with Gasteiger partial charge in [0.05, 0.1) is 13.5 Å². The first-order chi connectivity index (χ1) is 17.2. The summed E-state index contributed by atoms with van der Waals surface area (Å²) in [6, 6.07) is 20.2. The van der Waals surface area contributed by atoms with E-state index in [2.05, 4.69) is 60.7 Å². The minimum absolute atomic E-state index is 0.0203. The molecular formula is C30H31NO4Si.